The van der Waals surface area contributed by atoms with E-state index < -0.39 is 0 Å². The first-order chi connectivity index (χ1) is 13.7. The third-order valence-electron chi connectivity index (χ3n) is 5.59. The van der Waals surface area contributed by atoms with Gasteiger partial charge in [-0.2, -0.15) is 4.98 Å². The zero-order valence-corrected chi connectivity index (χ0v) is 16.1. The van der Waals surface area contributed by atoms with Crippen LogP contribution in [0.3, 0.4) is 0 Å². The monoisotopic (exact) mass is 380 g/mol. The van der Waals surface area contributed by atoms with E-state index in [4.69, 9.17) is 5.73 Å². The molecular formula is C21H28N6O. The van der Waals surface area contributed by atoms with Crippen LogP contribution in [0, 0.1) is 0 Å². The Morgan fingerprint density at radius 1 is 1.18 bits per heavy atom. The Hall–Kier alpha value is -2.67. The number of carbonyl (C=O) groups excluding carboxylic acids is 1. The third-order valence-corrected chi connectivity index (χ3v) is 5.59. The molecule has 0 radical (unpaired) electrons. The molecular weight excluding hydrogens is 352 g/mol. The van der Waals surface area contributed by atoms with Crippen molar-refractivity contribution in [2.24, 2.45) is 5.73 Å². The molecule has 1 aliphatic carbocycles. The summed E-state index contributed by atoms with van der Waals surface area (Å²) in [5.41, 5.74) is 8.24. The van der Waals surface area contributed by atoms with Gasteiger partial charge in [0.15, 0.2) is 0 Å². The van der Waals surface area contributed by atoms with Crippen LogP contribution in [-0.4, -0.2) is 41.0 Å². The van der Waals surface area contributed by atoms with E-state index in [9.17, 15) is 4.79 Å². The summed E-state index contributed by atoms with van der Waals surface area (Å²) < 4.78 is 0. The van der Waals surface area contributed by atoms with Crippen molar-refractivity contribution in [1.29, 1.82) is 0 Å². The van der Waals surface area contributed by atoms with Gasteiger partial charge < -0.3 is 21.3 Å². The molecule has 1 aromatic heterocycles. The van der Waals surface area contributed by atoms with Crippen LogP contribution in [-0.2, 0) is 11.2 Å². The van der Waals surface area contributed by atoms with Gasteiger partial charge in [-0.15, -0.1) is 0 Å². The molecule has 1 amide bonds. The van der Waals surface area contributed by atoms with Crippen molar-refractivity contribution in [2.45, 2.75) is 50.6 Å². The summed E-state index contributed by atoms with van der Waals surface area (Å²) in [7, 11) is 0. The topological polar surface area (TPSA) is 96.2 Å². The third kappa shape index (κ3) is 4.42. The highest BCUT2D eigenvalue weighted by molar-refractivity contribution is 5.97. The predicted octanol–water partition coefficient (Wildman–Crippen LogP) is 2.55. The number of amides is 1. The van der Waals surface area contributed by atoms with Crippen LogP contribution in [0.1, 0.15) is 37.7 Å². The first-order valence-corrected chi connectivity index (χ1v) is 10.2. The van der Waals surface area contributed by atoms with Crippen molar-refractivity contribution in [3.05, 3.63) is 42.1 Å². The van der Waals surface area contributed by atoms with Crippen LogP contribution in [0.5, 0.6) is 0 Å². The fourth-order valence-electron chi connectivity index (χ4n) is 4.03. The first-order valence-electron chi connectivity index (χ1n) is 10.2. The molecule has 1 aliphatic heterocycles. The highest BCUT2D eigenvalue weighted by Crippen LogP contribution is 2.26. The average molecular weight is 380 g/mol. The van der Waals surface area contributed by atoms with Crippen molar-refractivity contribution in [3.63, 3.8) is 0 Å². The Kier molecular flexibility index (Phi) is 5.71. The standard InChI is InChI=1S/C21H28N6O/c22-16-7-9-17(10-8-16)25-21-23-12-11-19(26-21)24-14-20(28)27-13-3-5-15-4-1-2-6-18(15)27/h1-2,4,6,11-12,16-17H,3,5,7-10,13-14,22H2,(H2,23,24,25,26). The lowest BCUT2D eigenvalue weighted by Crippen LogP contribution is -2.39. The van der Waals surface area contributed by atoms with Gasteiger partial charge in [0.1, 0.15) is 5.82 Å². The second-order valence-electron chi connectivity index (χ2n) is 7.65. The van der Waals surface area contributed by atoms with Crippen molar-refractivity contribution >= 4 is 23.4 Å². The highest BCUT2D eigenvalue weighted by Gasteiger charge is 2.22. The van der Waals surface area contributed by atoms with Gasteiger partial charge in [-0.05, 0) is 56.2 Å². The molecule has 2 heterocycles. The van der Waals surface area contributed by atoms with Gasteiger partial charge in [-0.1, -0.05) is 18.2 Å². The Bertz CT molecular complexity index is 818. The van der Waals surface area contributed by atoms with E-state index in [1.807, 2.05) is 23.1 Å². The second-order valence-corrected chi connectivity index (χ2v) is 7.65. The van der Waals surface area contributed by atoms with E-state index >= 15 is 0 Å². The van der Waals surface area contributed by atoms with Crippen molar-refractivity contribution in [1.82, 2.24) is 9.97 Å². The Morgan fingerprint density at radius 3 is 2.86 bits per heavy atom. The SMILES string of the molecule is NC1CCC(Nc2nccc(NCC(=O)N3CCCc4ccccc43)n2)CC1. The molecule has 28 heavy (non-hydrogen) atoms. The molecule has 0 saturated heterocycles. The molecule has 4 rings (SSSR count). The summed E-state index contributed by atoms with van der Waals surface area (Å²) in [6, 6.07) is 10.6. The van der Waals surface area contributed by atoms with Crippen LogP contribution in [0.15, 0.2) is 36.5 Å². The molecule has 7 heteroatoms. The molecule has 148 valence electrons. The van der Waals surface area contributed by atoms with Crippen LogP contribution in [0.4, 0.5) is 17.5 Å². The zero-order chi connectivity index (χ0) is 19.3. The molecule has 2 aromatic rings. The summed E-state index contributed by atoms with van der Waals surface area (Å²) in [4.78, 5) is 23.5. The lowest BCUT2D eigenvalue weighted by atomic mass is 9.92. The molecule has 1 aromatic carbocycles. The minimum Gasteiger partial charge on any atom is -0.361 e. The van der Waals surface area contributed by atoms with E-state index in [0.29, 0.717) is 23.8 Å². The molecule has 0 bridgehead atoms. The maximum Gasteiger partial charge on any atom is 0.246 e. The van der Waals surface area contributed by atoms with E-state index in [-0.39, 0.29) is 12.5 Å². The molecule has 2 aliphatic rings. The van der Waals surface area contributed by atoms with Crippen molar-refractivity contribution in [3.8, 4) is 0 Å². The minimum atomic E-state index is 0.0570. The number of anilines is 3. The Morgan fingerprint density at radius 2 is 2.00 bits per heavy atom. The number of fused-ring (bicyclic) bond motifs is 1. The molecule has 1 saturated carbocycles. The number of nitrogens with one attached hydrogen (secondary N) is 2. The fraction of sp³-hybridized carbons (Fsp3) is 0.476. The number of rotatable bonds is 5. The summed E-state index contributed by atoms with van der Waals surface area (Å²) in [5.74, 6) is 1.31. The fourth-order valence-corrected chi connectivity index (χ4v) is 4.03. The largest absolute Gasteiger partial charge is 0.361 e. The maximum absolute atomic E-state index is 12.8. The quantitative estimate of drug-likeness (QED) is 0.738. The number of nitrogens with two attached hydrogens (primary N) is 1. The summed E-state index contributed by atoms with van der Waals surface area (Å²) in [6.07, 6.45) is 7.87. The second kappa shape index (κ2) is 8.56. The van der Waals surface area contributed by atoms with Crippen molar-refractivity contribution < 1.29 is 4.79 Å². The van der Waals surface area contributed by atoms with Gasteiger partial charge in [-0.25, -0.2) is 4.98 Å². The summed E-state index contributed by atoms with van der Waals surface area (Å²) >= 11 is 0. The number of benzene rings is 1. The van der Waals surface area contributed by atoms with Crippen LogP contribution in [0.25, 0.3) is 0 Å². The van der Waals surface area contributed by atoms with Crippen molar-refractivity contribution in [2.75, 3.05) is 28.6 Å². The van der Waals surface area contributed by atoms with Gasteiger partial charge in [0.25, 0.3) is 0 Å². The van der Waals surface area contributed by atoms with E-state index in [1.54, 1.807) is 12.3 Å². The molecule has 0 atom stereocenters. The number of aromatic nitrogens is 2. The lowest BCUT2D eigenvalue weighted by molar-refractivity contribution is -0.117. The Balaban J connectivity index is 1.34. The van der Waals surface area contributed by atoms with E-state index in [0.717, 1.165) is 50.8 Å². The minimum absolute atomic E-state index is 0.0570. The lowest BCUT2D eigenvalue weighted by Gasteiger charge is -2.29. The Labute approximate surface area is 165 Å². The predicted molar refractivity (Wildman–Crippen MR) is 111 cm³/mol. The van der Waals surface area contributed by atoms with Gasteiger partial charge in [0.05, 0.1) is 6.54 Å². The highest BCUT2D eigenvalue weighted by atomic mass is 16.2. The summed E-state index contributed by atoms with van der Waals surface area (Å²) in [5, 5.41) is 6.55. The van der Waals surface area contributed by atoms with Crippen LogP contribution < -0.4 is 21.3 Å². The summed E-state index contributed by atoms with van der Waals surface area (Å²) in [6.45, 7) is 0.973. The van der Waals surface area contributed by atoms with Gasteiger partial charge in [0, 0.05) is 30.5 Å². The smallest absolute Gasteiger partial charge is 0.246 e. The normalized spacial score (nSPS) is 21.7. The number of carbonyl (C=O) groups is 1. The number of hydrogen-bond donors (Lipinski definition) is 3. The maximum atomic E-state index is 12.8. The molecule has 0 unspecified atom stereocenters. The molecule has 4 N–H and O–H groups in total. The van der Waals surface area contributed by atoms with Crippen LogP contribution in [0.2, 0.25) is 0 Å². The van der Waals surface area contributed by atoms with Gasteiger partial charge in [-0.3, -0.25) is 4.79 Å². The molecule has 1 fully saturated rings. The van der Waals surface area contributed by atoms with E-state index in [2.05, 4.69) is 26.7 Å². The molecule has 7 nitrogen and oxygen atoms in total. The number of nitrogens with zero attached hydrogens (tertiary/aromatic N) is 3. The molecule has 0 spiro atoms. The van der Waals surface area contributed by atoms with Gasteiger partial charge >= 0.3 is 0 Å². The zero-order valence-electron chi connectivity index (χ0n) is 16.1. The number of hydrogen-bond acceptors (Lipinski definition) is 6. The average Bonchev–Trinajstić information content (AvgIpc) is 2.73. The number of para-hydroxylation sites is 1. The first kappa shape index (κ1) is 18.7. The van der Waals surface area contributed by atoms with Crippen LogP contribution >= 0.6 is 0 Å². The van der Waals surface area contributed by atoms with Gasteiger partial charge in [0.2, 0.25) is 11.9 Å². The number of aryl methyl sites for hydroxylation is 1. The van der Waals surface area contributed by atoms with E-state index in [1.165, 1.54) is 5.56 Å².